The average Bonchev–Trinajstić information content (AvgIpc) is 2.39. The second kappa shape index (κ2) is 6.72. The van der Waals surface area contributed by atoms with Gasteiger partial charge in [-0.3, -0.25) is 14.5 Å². The van der Waals surface area contributed by atoms with Gasteiger partial charge in [-0.05, 0) is 51.4 Å². The molecule has 0 aliphatic rings. The summed E-state index contributed by atoms with van der Waals surface area (Å²) in [6.07, 6.45) is 0. The molecule has 1 aromatic rings. The zero-order valence-corrected chi connectivity index (χ0v) is 13.4. The fourth-order valence-electron chi connectivity index (χ4n) is 2.07. The van der Waals surface area contributed by atoms with E-state index in [0.717, 1.165) is 16.8 Å². The van der Waals surface area contributed by atoms with Crippen molar-refractivity contribution in [2.24, 2.45) is 0 Å². The van der Waals surface area contributed by atoms with Crippen LogP contribution in [0.15, 0.2) is 18.2 Å². The average molecular weight is 292 g/mol. The Morgan fingerprint density at radius 1 is 1.29 bits per heavy atom. The molecule has 5 heteroatoms. The molecule has 21 heavy (non-hydrogen) atoms. The van der Waals surface area contributed by atoms with Crippen molar-refractivity contribution in [2.75, 3.05) is 18.4 Å². The maximum atomic E-state index is 12.2. The van der Waals surface area contributed by atoms with Gasteiger partial charge in [-0.1, -0.05) is 19.1 Å². The number of anilines is 1. The molecule has 116 valence electrons. The molecule has 0 bridgehead atoms. The molecular weight excluding hydrogens is 268 g/mol. The van der Waals surface area contributed by atoms with Crippen LogP contribution in [0.25, 0.3) is 0 Å². The van der Waals surface area contributed by atoms with Crippen LogP contribution in [-0.4, -0.2) is 40.5 Å². The van der Waals surface area contributed by atoms with Crippen molar-refractivity contribution in [3.63, 3.8) is 0 Å². The van der Waals surface area contributed by atoms with Gasteiger partial charge in [0.05, 0.1) is 6.54 Å². The van der Waals surface area contributed by atoms with Crippen molar-refractivity contribution in [3.05, 3.63) is 29.3 Å². The smallest absolute Gasteiger partial charge is 0.323 e. The highest BCUT2D eigenvalue weighted by Crippen LogP contribution is 2.18. The van der Waals surface area contributed by atoms with Crippen LogP contribution in [0.3, 0.4) is 0 Å². The normalized spacial score (nSPS) is 11.5. The highest BCUT2D eigenvalue weighted by molar-refractivity contribution is 5.93. The maximum absolute atomic E-state index is 12.2. The lowest BCUT2D eigenvalue weighted by molar-refractivity contribution is -0.149. The number of likely N-dealkylation sites (N-methyl/N-ethyl adjacent to an activating group) is 1. The Bertz CT molecular complexity index is 538. The lowest BCUT2D eigenvalue weighted by Gasteiger charge is -2.33. The fourth-order valence-corrected chi connectivity index (χ4v) is 2.07. The van der Waals surface area contributed by atoms with Crippen molar-refractivity contribution >= 4 is 17.6 Å². The van der Waals surface area contributed by atoms with Crippen molar-refractivity contribution < 1.29 is 14.7 Å². The van der Waals surface area contributed by atoms with E-state index in [0.29, 0.717) is 6.54 Å². The van der Waals surface area contributed by atoms with Crippen LogP contribution in [0, 0.1) is 13.8 Å². The summed E-state index contributed by atoms with van der Waals surface area (Å²) in [5, 5.41) is 12.1. The first-order valence-electron chi connectivity index (χ1n) is 7.04. The predicted molar refractivity (Wildman–Crippen MR) is 83.5 cm³/mol. The summed E-state index contributed by atoms with van der Waals surface area (Å²) in [7, 11) is 0. The lowest BCUT2D eigenvalue weighted by atomic mass is 10.0. The molecule has 2 N–H and O–H groups in total. The highest BCUT2D eigenvalue weighted by Gasteiger charge is 2.34. The second-order valence-corrected chi connectivity index (χ2v) is 5.74. The van der Waals surface area contributed by atoms with E-state index in [-0.39, 0.29) is 12.5 Å². The number of hydrogen-bond acceptors (Lipinski definition) is 3. The maximum Gasteiger partial charge on any atom is 0.323 e. The number of carbonyl (C=O) groups is 2. The number of nitrogens with one attached hydrogen (secondary N) is 1. The van der Waals surface area contributed by atoms with E-state index in [1.807, 2.05) is 39.0 Å². The van der Waals surface area contributed by atoms with E-state index in [1.165, 1.54) is 0 Å². The van der Waals surface area contributed by atoms with Crippen LogP contribution in [0.5, 0.6) is 0 Å². The standard InChI is InChI=1S/C16H24N2O3/c1-6-18(16(4,5)15(20)21)10-14(19)17-13-9-11(2)7-8-12(13)3/h7-9H,6,10H2,1-5H3,(H,17,19)(H,20,21). The van der Waals surface area contributed by atoms with Gasteiger partial charge in [0.1, 0.15) is 5.54 Å². The van der Waals surface area contributed by atoms with Crippen LogP contribution in [0.4, 0.5) is 5.69 Å². The third kappa shape index (κ3) is 4.29. The highest BCUT2D eigenvalue weighted by atomic mass is 16.4. The summed E-state index contributed by atoms with van der Waals surface area (Å²) in [6.45, 7) is 9.46. The van der Waals surface area contributed by atoms with Crippen molar-refractivity contribution in [1.29, 1.82) is 0 Å². The minimum atomic E-state index is -1.08. The topological polar surface area (TPSA) is 69.6 Å². The molecule has 1 aromatic carbocycles. The number of carboxylic acids is 1. The molecule has 0 spiro atoms. The third-order valence-electron chi connectivity index (χ3n) is 3.70. The lowest BCUT2D eigenvalue weighted by Crippen LogP contribution is -2.52. The second-order valence-electron chi connectivity index (χ2n) is 5.74. The Morgan fingerprint density at radius 2 is 1.90 bits per heavy atom. The molecule has 5 nitrogen and oxygen atoms in total. The molecule has 0 atom stereocenters. The van der Waals surface area contributed by atoms with Crippen LogP contribution in [-0.2, 0) is 9.59 Å². The molecule has 1 amide bonds. The molecule has 1 rings (SSSR count). The van der Waals surface area contributed by atoms with Crippen molar-refractivity contribution in [3.8, 4) is 0 Å². The molecule has 0 radical (unpaired) electrons. The number of aliphatic carboxylic acids is 1. The Morgan fingerprint density at radius 3 is 2.43 bits per heavy atom. The first-order chi connectivity index (χ1) is 9.68. The Labute approximate surface area is 126 Å². The van der Waals surface area contributed by atoms with Gasteiger partial charge in [-0.15, -0.1) is 0 Å². The van der Waals surface area contributed by atoms with Gasteiger partial charge in [0.2, 0.25) is 5.91 Å². The van der Waals surface area contributed by atoms with Gasteiger partial charge in [0.15, 0.2) is 0 Å². The van der Waals surface area contributed by atoms with Crippen LogP contribution >= 0.6 is 0 Å². The van der Waals surface area contributed by atoms with E-state index in [2.05, 4.69) is 5.32 Å². The zero-order chi connectivity index (χ0) is 16.2. The first-order valence-corrected chi connectivity index (χ1v) is 7.04. The molecule has 0 saturated heterocycles. The van der Waals surface area contributed by atoms with Crippen molar-refractivity contribution in [1.82, 2.24) is 4.90 Å². The number of rotatable bonds is 6. The number of hydrogen-bond donors (Lipinski definition) is 2. The SMILES string of the molecule is CCN(CC(=O)Nc1cc(C)ccc1C)C(C)(C)C(=O)O. The van der Waals surface area contributed by atoms with E-state index in [9.17, 15) is 14.7 Å². The van der Waals surface area contributed by atoms with Crippen LogP contribution < -0.4 is 5.32 Å². The first kappa shape index (κ1) is 17.2. The Hall–Kier alpha value is -1.88. The summed E-state index contributed by atoms with van der Waals surface area (Å²) in [4.78, 5) is 25.1. The summed E-state index contributed by atoms with van der Waals surface area (Å²) in [5.74, 6) is -1.15. The van der Waals surface area contributed by atoms with Gasteiger partial charge in [0.25, 0.3) is 0 Å². The number of nitrogens with zero attached hydrogens (tertiary/aromatic N) is 1. The number of carboxylic acid groups (broad SMARTS) is 1. The van der Waals surface area contributed by atoms with E-state index < -0.39 is 11.5 Å². The summed E-state index contributed by atoms with van der Waals surface area (Å²) >= 11 is 0. The molecular formula is C16H24N2O3. The molecule has 0 unspecified atom stereocenters. The number of aryl methyl sites for hydroxylation is 2. The number of carbonyl (C=O) groups excluding carboxylic acids is 1. The van der Waals surface area contributed by atoms with E-state index in [1.54, 1.807) is 18.7 Å². The predicted octanol–water partition coefficient (Wildman–Crippen LogP) is 2.43. The monoisotopic (exact) mass is 292 g/mol. The Kier molecular flexibility index (Phi) is 5.49. The van der Waals surface area contributed by atoms with Crippen molar-refractivity contribution in [2.45, 2.75) is 40.2 Å². The van der Waals surface area contributed by atoms with Crippen LogP contribution in [0.2, 0.25) is 0 Å². The largest absolute Gasteiger partial charge is 0.480 e. The van der Waals surface area contributed by atoms with E-state index >= 15 is 0 Å². The molecule has 0 aromatic heterocycles. The molecule has 0 aliphatic heterocycles. The van der Waals surface area contributed by atoms with E-state index in [4.69, 9.17) is 0 Å². The fraction of sp³-hybridized carbons (Fsp3) is 0.500. The summed E-state index contributed by atoms with van der Waals surface area (Å²) < 4.78 is 0. The third-order valence-corrected chi connectivity index (χ3v) is 3.70. The Balaban J connectivity index is 2.80. The summed E-state index contributed by atoms with van der Waals surface area (Å²) in [5.41, 5.74) is 1.74. The minimum absolute atomic E-state index is 0.0448. The van der Waals surface area contributed by atoms with Gasteiger partial charge < -0.3 is 10.4 Å². The molecule has 0 saturated carbocycles. The van der Waals surface area contributed by atoms with Gasteiger partial charge in [-0.2, -0.15) is 0 Å². The van der Waals surface area contributed by atoms with Crippen LogP contribution in [0.1, 0.15) is 31.9 Å². The van der Waals surface area contributed by atoms with Gasteiger partial charge in [-0.25, -0.2) is 0 Å². The number of benzene rings is 1. The molecule has 0 heterocycles. The quantitative estimate of drug-likeness (QED) is 0.845. The van der Waals surface area contributed by atoms with Gasteiger partial charge >= 0.3 is 5.97 Å². The minimum Gasteiger partial charge on any atom is -0.480 e. The zero-order valence-electron chi connectivity index (χ0n) is 13.4. The van der Waals surface area contributed by atoms with Gasteiger partial charge in [0, 0.05) is 5.69 Å². The number of amides is 1. The molecule has 0 fully saturated rings. The summed E-state index contributed by atoms with van der Waals surface area (Å²) in [6, 6.07) is 5.84. The molecule has 0 aliphatic carbocycles.